The molecule has 4 unspecified atom stereocenters. The van der Waals surface area contributed by atoms with Crippen molar-refractivity contribution in [3.05, 3.63) is 36.4 Å². The molecule has 2 aromatic carbocycles. The summed E-state index contributed by atoms with van der Waals surface area (Å²) in [5.41, 5.74) is 11.4. The molecule has 53 heavy (non-hydrogen) atoms. The first-order valence-corrected chi connectivity index (χ1v) is 19.7. The summed E-state index contributed by atoms with van der Waals surface area (Å²) < 4.78 is 1.59. The Kier molecular flexibility index (Phi) is 19.2. The van der Waals surface area contributed by atoms with Crippen molar-refractivity contribution in [2.24, 2.45) is 9.98 Å². The standard InChI is InChI=1S/2C16H26N7S2Se.Au/c2*1-10-22(6)19-15(25)23(10)13-8-11(17-14(24)20(2)3)7-12(9-13)18-16(26)21(4)5;/h2*7-10,15,19,25H,1-6H3,(H,17,24);/p-2. The molecule has 0 amide bonds. The van der Waals surface area contributed by atoms with Crippen LogP contribution >= 0.6 is 24.4 Å². The quantitative estimate of drug-likeness (QED) is 0.112. The Morgan fingerprint density at radius 1 is 0.642 bits per heavy atom. The van der Waals surface area contributed by atoms with Gasteiger partial charge in [-0.05, 0) is 0 Å². The summed E-state index contributed by atoms with van der Waals surface area (Å²) in [5, 5.41) is 11.8. The fraction of sp³-hybridized carbons (Fsp3) is 0.500. The first-order chi connectivity index (χ1) is 24.2. The van der Waals surface area contributed by atoms with Gasteiger partial charge in [0.05, 0.1) is 0 Å². The van der Waals surface area contributed by atoms with Gasteiger partial charge >= 0.3 is 350 Å². The first kappa shape index (κ1) is 47.8. The van der Waals surface area contributed by atoms with Crippen LogP contribution in [0, 0.1) is 0 Å². The topological polar surface area (TPSA) is 98.8 Å². The molecular weight excluding hydrogens is 1060 g/mol. The smallest absolute Gasteiger partial charge is 0 e. The second-order valence-corrected chi connectivity index (χ2v) is 16.2. The molecule has 2 saturated heterocycles. The van der Waals surface area contributed by atoms with Crippen molar-refractivity contribution >= 4 is 136 Å². The molecule has 0 spiro atoms. The molecule has 0 aliphatic carbocycles. The van der Waals surface area contributed by atoms with Crippen LogP contribution in [0.1, 0.15) is 13.8 Å². The van der Waals surface area contributed by atoms with Crippen LogP contribution in [-0.4, -0.2) is 175 Å². The number of nitrogens with zero attached hydrogens (tertiary/aromatic N) is 10. The maximum absolute atomic E-state index is 5.57. The third-order valence-electron chi connectivity index (χ3n) is 7.99. The molecule has 0 aromatic heterocycles. The molecule has 2 fully saturated rings. The molecular formula is C32H50AuN14S4Se2-2. The van der Waals surface area contributed by atoms with Crippen molar-refractivity contribution in [2.45, 2.75) is 37.2 Å². The molecule has 3 radical (unpaired) electrons. The number of anilines is 4. The van der Waals surface area contributed by atoms with Crippen LogP contribution in [0.25, 0.3) is 0 Å². The van der Waals surface area contributed by atoms with Gasteiger partial charge in [-0.2, -0.15) is 0 Å². The predicted octanol–water partition coefficient (Wildman–Crippen LogP) is 2.19. The average Bonchev–Trinajstić information content (AvgIpc) is 3.45. The van der Waals surface area contributed by atoms with Gasteiger partial charge in [-0.15, -0.1) is 0 Å². The van der Waals surface area contributed by atoms with E-state index in [2.05, 4.69) is 87.1 Å². The van der Waals surface area contributed by atoms with Gasteiger partial charge in [0.1, 0.15) is 0 Å². The van der Waals surface area contributed by atoms with E-state index in [1.165, 1.54) is 0 Å². The van der Waals surface area contributed by atoms with E-state index in [9.17, 15) is 0 Å². The molecule has 0 bridgehead atoms. The normalized spacial score (nSPS) is 20.6. The van der Waals surface area contributed by atoms with Crippen LogP contribution in [0.5, 0.6) is 0 Å². The average molecular weight is 1110 g/mol. The molecule has 2 aliphatic heterocycles. The number of benzene rings is 2. The largest absolute Gasteiger partial charge is 0 e. The second kappa shape index (κ2) is 21.3. The summed E-state index contributed by atoms with van der Waals surface area (Å²) in [7, 11) is 19.4. The maximum atomic E-state index is 5.57. The van der Waals surface area contributed by atoms with Gasteiger partial charge in [0.25, 0.3) is 0 Å². The van der Waals surface area contributed by atoms with Crippen LogP contribution in [0.15, 0.2) is 46.4 Å². The van der Waals surface area contributed by atoms with Crippen molar-refractivity contribution in [1.29, 1.82) is 0 Å². The number of rotatable bonds is 6. The molecule has 14 nitrogen and oxygen atoms in total. The summed E-state index contributed by atoms with van der Waals surface area (Å²) in [6, 6.07) is 12.1. The number of thiocarbonyl (C=S) groups is 2. The van der Waals surface area contributed by atoms with Gasteiger partial charge < -0.3 is 0 Å². The van der Waals surface area contributed by atoms with Crippen LogP contribution in [-0.2, 0) is 47.6 Å². The number of amidine groups is 2. The molecule has 2 aromatic rings. The Bertz CT molecular complexity index is 1520. The van der Waals surface area contributed by atoms with Gasteiger partial charge in [0.2, 0.25) is 0 Å². The van der Waals surface area contributed by atoms with E-state index < -0.39 is 0 Å². The molecule has 4 rings (SSSR count). The molecule has 0 saturated carbocycles. The minimum Gasteiger partial charge on any atom is 0 e. The van der Waals surface area contributed by atoms with Gasteiger partial charge in [0.15, 0.2) is 0 Å². The maximum Gasteiger partial charge on any atom is 0 e. The Morgan fingerprint density at radius 3 is 1.21 bits per heavy atom. The van der Waals surface area contributed by atoms with E-state index in [0.717, 1.165) is 43.6 Å². The first-order valence-electron chi connectivity index (χ1n) is 16.2. The van der Waals surface area contributed by atoms with Crippen molar-refractivity contribution in [2.75, 3.05) is 90.9 Å². The fourth-order valence-corrected chi connectivity index (χ4v) is 6.42. The second-order valence-electron chi connectivity index (χ2n) is 13.0. The minimum absolute atomic E-state index is 0. The molecule has 4 atom stereocenters. The Morgan fingerprint density at radius 2 is 0.962 bits per heavy atom. The van der Waals surface area contributed by atoms with Gasteiger partial charge in [-0.1, -0.05) is 0 Å². The van der Waals surface area contributed by atoms with E-state index >= 15 is 0 Å². The number of aliphatic imine (C=N–C) groups is 2. The molecule has 2 aliphatic rings. The zero-order chi connectivity index (χ0) is 39.2. The van der Waals surface area contributed by atoms with Gasteiger partial charge in [-0.25, -0.2) is 0 Å². The summed E-state index contributed by atoms with van der Waals surface area (Å²) in [5.74, 6) is 0. The Hall–Kier alpha value is -1.32. The third kappa shape index (κ3) is 13.4. The van der Waals surface area contributed by atoms with Crippen LogP contribution in [0.4, 0.5) is 34.1 Å². The third-order valence-corrected chi connectivity index (χ3v) is 11.5. The van der Waals surface area contributed by atoms with Gasteiger partial charge in [0, 0.05) is 22.4 Å². The van der Waals surface area contributed by atoms with E-state index in [0.29, 0.717) is 10.2 Å². The van der Waals surface area contributed by atoms with E-state index in [1.807, 2.05) is 136 Å². The van der Waals surface area contributed by atoms with Gasteiger partial charge in [-0.3, -0.25) is 0 Å². The Labute approximate surface area is 369 Å². The number of nitrogens with one attached hydrogen (secondary N) is 4. The Balaban J connectivity index is 0.000000360. The summed E-state index contributed by atoms with van der Waals surface area (Å²) in [6.07, 6.45) is 0.235. The molecule has 4 N–H and O–H groups in total. The zero-order valence-corrected chi connectivity index (χ0v) is 40.9. The van der Waals surface area contributed by atoms with Crippen molar-refractivity contribution < 1.29 is 22.4 Å². The van der Waals surface area contributed by atoms with Crippen LogP contribution < -0.4 is 31.3 Å². The number of hydrazine groups is 2. The van der Waals surface area contributed by atoms with E-state index in [-0.39, 0.29) is 45.7 Å². The van der Waals surface area contributed by atoms with Crippen molar-refractivity contribution in [3.63, 3.8) is 0 Å². The van der Waals surface area contributed by atoms with Crippen molar-refractivity contribution in [1.82, 2.24) is 40.5 Å². The fourth-order valence-electron chi connectivity index (χ4n) is 4.81. The molecule has 2 heterocycles. The van der Waals surface area contributed by atoms with Crippen molar-refractivity contribution in [3.8, 4) is 0 Å². The predicted molar refractivity (Wildman–Crippen MR) is 234 cm³/mol. The summed E-state index contributed by atoms with van der Waals surface area (Å²) in [6.45, 7) is 4.21. The van der Waals surface area contributed by atoms with Crippen LogP contribution in [0.2, 0.25) is 0 Å². The zero-order valence-electron chi connectivity index (χ0n) is 32.0. The molecule has 297 valence electrons. The van der Waals surface area contributed by atoms with Crippen LogP contribution in [0.3, 0.4) is 0 Å². The monoisotopic (exact) mass is 1120 g/mol. The summed E-state index contributed by atoms with van der Waals surface area (Å²) in [4.78, 5) is 21.2. The SMILES string of the molecule is CC1N(C)NC([S-])N1c1cc(N=C([Se])N(C)C)cc(NC(=S)N(C)C)c1.CC1N(C)NC([S-])N1c1cc(N=C([Se])N(C)C)cc(NC(=S)N(C)C)c1.[Au]. The van der Waals surface area contributed by atoms with E-state index in [4.69, 9.17) is 49.7 Å². The summed E-state index contributed by atoms with van der Waals surface area (Å²) >= 11 is 27.9. The number of hydrogen-bond acceptors (Lipinski definition) is 12. The van der Waals surface area contributed by atoms with E-state index in [1.54, 1.807) is 0 Å². The molecule has 21 heteroatoms. The number of hydrogen-bond donors (Lipinski definition) is 4. The minimum atomic E-state index is -0.232.